The molecule has 0 atom stereocenters. The van der Waals surface area contributed by atoms with Crippen molar-refractivity contribution in [1.82, 2.24) is 20.0 Å². The number of rotatable bonds is 2. The molecule has 2 heterocycles. The van der Waals surface area contributed by atoms with E-state index in [-0.39, 0.29) is 0 Å². The van der Waals surface area contributed by atoms with Gasteiger partial charge in [-0.1, -0.05) is 5.21 Å². The van der Waals surface area contributed by atoms with Crippen LogP contribution in [-0.2, 0) is 6.54 Å². The van der Waals surface area contributed by atoms with Gasteiger partial charge in [0.1, 0.15) is 0 Å². The first-order valence-electron chi connectivity index (χ1n) is 3.80. The first-order valence-corrected chi connectivity index (χ1v) is 4.74. The van der Waals surface area contributed by atoms with Crippen molar-refractivity contribution in [3.8, 4) is 0 Å². The lowest BCUT2D eigenvalue weighted by Crippen LogP contribution is -2.04. The van der Waals surface area contributed by atoms with Crippen molar-refractivity contribution >= 4 is 17.2 Å². The number of nitrogens with two attached hydrogens (primary N) is 1. The van der Waals surface area contributed by atoms with E-state index in [1.54, 1.807) is 21.5 Å². The minimum atomic E-state index is 0.482. The van der Waals surface area contributed by atoms with Crippen LogP contribution in [-0.4, -0.2) is 20.0 Å². The second-order valence-corrected chi connectivity index (χ2v) is 3.42. The van der Waals surface area contributed by atoms with Crippen molar-refractivity contribution in [3.05, 3.63) is 22.3 Å². The fourth-order valence-electron chi connectivity index (χ4n) is 0.993. The molecule has 0 aliphatic heterocycles. The Balaban J connectivity index is 2.24. The maximum atomic E-state index is 5.56. The summed E-state index contributed by atoms with van der Waals surface area (Å²) in [5.74, 6) is 0.482. The zero-order valence-electron chi connectivity index (χ0n) is 7.14. The predicted octanol–water partition coefficient (Wildman–Crippen LogP) is 0.674. The van der Waals surface area contributed by atoms with E-state index in [0.717, 1.165) is 11.4 Å². The summed E-state index contributed by atoms with van der Waals surface area (Å²) >= 11 is 1.57. The van der Waals surface area contributed by atoms with Gasteiger partial charge < -0.3 is 5.73 Å². The van der Waals surface area contributed by atoms with Crippen LogP contribution < -0.4 is 5.73 Å². The van der Waals surface area contributed by atoms with Gasteiger partial charge in [-0.25, -0.2) is 9.67 Å². The number of hydrogen-bond donors (Lipinski definition) is 1. The van der Waals surface area contributed by atoms with E-state index in [4.69, 9.17) is 5.73 Å². The fraction of sp³-hybridized carbons (Fsp3) is 0.286. The van der Waals surface area contributed by atoms with Crippen LogP contribution in [0.1, 0.15) is 11.4 Å². The number of anilines is 1. The number of nitrogen functional groups attached to an aromatic ring is 1. The highest BCUT2D eigenvalue weighted by atomic mass is 32.1. The average molecular weight is 195 g/mol. The first-order chi connectivity index (χ1) is 6.27. The zero-order chi connectivity index (χ0) is 9.26. The summed E-state index contributed by atoms with van der Waals surface area (Å²) in [4.78, 5) is 4.15. The molecular formula is C7H9N5S. The second kappa shape index (κ2) is 3.14. The van der Waals surface area contributed by atoms with Crippen LogP contribution in [0.2, 0.25) is 0 Å². The molecule has 5 nitrogen and oxygen atoms in total. The normalized spacial score (nSPS) is 10.5. The van der Waals surface area contributed by atoms with Gasteiger partial charge in [0.25, 0.3) is 0 Å². The van der Waals surface area contributed by atoms with Gasteiger partial charge >= 0.3 is 0 Å². The molecule has 0 amide bonds. The van der Waals surface area contributed by atoms with Crippen LogP contribution >= 0.6 is 11.3 Å². The maximum absolute atomic E-state index is 5.56. The van der Waals surface area contributed by atoms with Gasteiger partial charge in [0.2, 0.25) is 0 Å². The van der Waals surface area contributed by atoms with E-state index in [0.29, 0.717) is 12.4 Å². The van der Waals surface area contributed by atoms with E-state index in [9.17, 15) is 0 Å². The van der Waals surface area contributed by atoms with E-state index >= 15 is 0 Å². The molecule has 0 unspecified atom stereocenters. The molecule has 2 rings (SSSR count). The van der Waals surface area contributed by atoms with E-state index < -0.39 is 0 Å². The summed E-state index contributed by atoms with van der Waals surface area (Å²) in [6.07, 6.45) is 0. The van der Waals surface area contributed by atoms with Crippen molar-refractivity contribution in [3.63, 3.8) is 0 Å². The van der Waals surface area contributed by atoms with Gasteiger partial charge in [-0.05, 0) is 6.92 Å². The summed E-state index contributed by atoms with van der Waals surface area (Å²) in [5, 5.41) is 9.64. The molecule has 13 heavy (non-hydrogen) atoms. The maximum Gasteiger partial charge on any atom is 0.168 e. The molecule has 0 saturated heterocycles. The summed E-state index contributed by atoms with van der Waals surface area (Å²) in [6.45, 7) is 2.53. The highest BCUT2D eigenvalue weighted by molar-refractivity contribution is 7.07. The highest BCUT2D eigenvalue weighted by Gasteiger charge is 2.05. The van der Waals surface area contributed by atoms with E-state index in [2.05, 4.69) is 15.3 Å². The second-order valence-electron chi connectivity index (χ2n) is 2.70. The Morgan fingerprint density at radius 2 is 2.46 bits per heavy atom. The molecule has 2 aromatic heterocycles. The van der Waals surface area contributed by atoms with Gasteiger partial charge in [-0.15, -0.1) is 16.4 Å². The Hall–Kier alpha value is -1.43. The Labute approximate surface area is 79.2 Å². The SMILES string of the molecule is Cc1c(N)nnn1Cc1cscn1. The Morgan fingerprint density at radius 3 is 3.00 bits per heavy atom. The summed E-state index contributed by atoms with van der Waals surface area (Å²) < 4.78 is 1.74. The third kappa shape index (κ3) is 1.52. The molecule has 0 aromatic carbocycles. The summed E-state index contributed by atoms with van der Waals surface area (Å²) in [6, 6.07) is 0. The molecule has 0 fully saturated rings. The average Bonchev–Trinajstić information content (AvgIpc) is 2.71. The van der Waals surface area contributed by atoms with Gasteiger partial charge in [-0.2, -0.15) is 0 Å². The number of thiazole rings is 1. The van der Waals surface area contributed by atoms with Crippen molar-refractivity contribution in [2.24, 2.45) is 0 Å². The molecule has 0 spiro atoms. The monoisotopic (exact) mass is 195 g/mol. The van der Waals surface area contributed by atoms with Gasteiger partial charge in [-0.3, -0.25) is 0 Å². The summed E-state index contributed by atoms with van der Waals surface area (Å²) in [7, 11) is 0. The molecule has 0 saturated carbocycles. The third-order valence-corrected chi connectivity index (χ3v) is 2.45. The largest absolute Gasteiger partial charge is 0.381 e. The van der Waals surface area contributed by atoms with Gasteiger partial charge in [0.15, 0.2) is 5.82 Å². The Morgan fingerprint density at radius 1 is 1.62 bits per heavy atom. The molecule has 2 N–H and O–H groups in total. The standard InChI is InChI=1S/C7H9N5S/c1-5-7(8)10-11-12(5)2-6-3-13-4-9-6/h3-4H,2,8H2,1H3. The lowest BCUT2D eigenvalue weighted by molar-refractivity contribution is 0.625. The van der Waals surface area contributed by atoms with Crippen molar-refractivity contribution in [2.45, 2.75) is 13.5 Å². The Bertz CT molecular complexity index is 391. The predicted molar refractivity (Wildman–Crippen MR) is 50.4 cm³/mol. The molecule has 0 radical (unpaired) electrons. The number of nitrogens with zero attached hydrogens (tertiary/aromatic N) is 4. The molecule has 0 aliphatic rings. The van der Waals surface area contributed by atoms with Crippen LogP contribution in [0.4, 0.5) is 5.82 Å². The topological polar surface area (TPSA) is 69.6 Å². The van der Waals surface area contributed by atoms with E-state index in [1.807, 2.05) is 12.3 Å². The lowest BCUT2D eigenvalue weighted by atomic mass is 10.4. The molecular weight excluding hydrogens is 186 g/mol. The highest BCUT2D eigenvalue weighted by Crippen LogP contribution is 2.08. The molecule has 0 bridgehead atoms. The zero-order valence-corrected chi connectivity index (χ0v) is 7.95. The van der Waals surface area contributed by atoms with Crippen LogP contribution in [0.15, 0.2) is 10.9 Å². The van der Waals surface area contributed by atoms with Crippen LogP contribution in [0.3, 0.4) is 0 Å². The fourth-order valence-corrected chi connectivity index (χ4v) is 1.54. The van der Waals surface area contributed by atoms with Crippen molar-refractivity contribution < 1.29 is 0 Å². The molecule has 2 aromatic rings. The van der Waals surface area contributed by atoms with Crippen LogP contribution in [0, 0.1) is 6.92 Å². The van der Waals surface area contributed by atoms with Crippen LogP contribution in [0.25, 0.3) is 0 Å². The summed E-state index contributed by atoms with van der Waals surface area (Å²) in [5.41, 5.74) is 9.22. The molecule has 0 aliphatic carbocycles. The number of hydrogen-bond acceptors (Lipinski definition) is 5. The first kappa shape index (κ1) is 8.18. The molecule has 6 heteroatoms. The van der Waals surface area contributed by atoms with Crippen molar-refractivity contribution in [1.29, 1.82) is 0 Å². The van der Waals surface area contributed by atoms with Gasteiger partial charge in [0, 0.05) is 5.38 Å². The van der Waals surface area contributed by atoms with Crippen LogP contribution in [0.5, 0.6) is 0 Å². The van der Waals surface area contributed by atoms with Gasteiger partial charge in [0.05, 0.1) is 23.4 Å². The smallest absolute Gasteiger partial charge is 0.168 e. The van der Waals surface area contributed by atoms with Crippen molar-refractivity contribution in [2.75, 3.05) is 5.73 Å². The Kier molecular flexibility index (Phi) is 1.97. The quantitative estimate of drug-likeness (QED) is 0.764. The van der Waals surface area contributed by atoms with E-state index in [1.165, 1.54) is 0 Å². The minimum absolute atomic E-state index is 0.482. The minimum Gasteiger partial charge on any atom is -0.381 e. The molecule has 68 valence electrons. The third-order valence-electron chi connectivity index (χ3n) is 1.81. The number of aromatic nitrogens is 4. The lowest BCUT2D eigenvalue weighted by Gasteiger charge is -1.98.